The molecule has 0 saturated heterocycles. The average Bonchev–Trinajstić information content (AvgIpc) is 3.24. The zero-order valence-corrected chi connectivity index (χ0v) is 15.3. The van der Waals surface area contributed by atoms with Crippen LogP contribution in [-0.4, -0.2) is 44.4 Å². The number of benzene rings is 1. The monoisotopic (exact) mass is 353 g/mol. The van der Waals surface area contributed by atoms with Crippen molar-refractivity contribution in [2.45, 2.75) is 33.2 Å². The molecule has 0 aliphatic carbocycles. The van der Waals surface area contributed by atoms with E-state index in [0.717, 1.165) is 17.0 Å². The van der Waals surface area contributed by atoms with Crippen LogP contribution in [-0.2, 0) is 17.8 Å². The third-order valence-electron chi connectivity index (χ3n) is 4.22. The van der Waals surface area contributed by atoms with Gasteiger partial charge in [-0.1, -0.05) is 18.2 Å². The molecule has 0 atom stereocenters. The van der Waals surface area contributed by atoms with E-state index in [0.29, 0.717) is 37.7 Å². The first-order valence-electron chi connectivity index (χ1n) is 8.66. The minimum atomic E-state index is 0.0472. The van der Waals surface area contributed by atoms with Crippen LogP contribution in [0.2, 0.25) is 0 Å². The maximum Gasteiger partial charge on any atom is 0.247 e. The van der Waals surface area contributed by atoms with E-state index in [1.807, 2.05) is 54.9 Å². The Morgan fingerprint density at radius 1 is 1.19 bits per heavy atom. The number of nitrogens with zero attached hydrogens (tertiary/aromatic N) is 5. The van der Waals surface area contributed by atoms with E-state index in [1.54, 1.807) is 11.9 Å². The first kappa shape index (κ1) is 17.8. The van der Waals surface area contributed by atoms with E-state index < -0.39 is 0 Å². The number of aromatic nitrogens is 4. The lowest BCUT2D eigenvalue weighted by Crippen LogP contribution is -2.30. The molecule has 7 nitrogen and oxygen atoms in total. The summed E-state index contributed by atoms with van der Waals surface area (Å²) in [5.74, 6) is 1.00. The molecular formula is C19H23N5O2. The lowest BCUT2D eigenvalue weighted by atomic mass is 10.2. The van der Waals surface area contributed by atoms with Crippen LogP contribution in [0.4, 0.5) is 0 Å². The van der Waals surface area contributed by atoms with Gasteiger partial charge >= 0.3 is 0 Å². The molecule has 1 aromatic carbocycles. The fourth-order valence-electron chi connectivity index (χ4n) is 2.73. The number of rotatable bonds is 7. The zero-order valence-electron chi connectivity index (χ0n) is 15.3. The molecule has 0 radical (unpaired) electrons. The van der Waals surface area contributed by atoms with E-state index >= 15 is 0 Å². The highest BCUT2D eigenvalue weighted by Gasteiger charge is 2.13. The summed E-state index contributed by atoms with van der Waals surface area (Å²) in [7, 11) is 1.80. The third-order valence-corrected chi connectivity index (χ3v) is 4.22. The van der Waals surface area contributed by atoms with Gasteiger partial charge in [-0.3, -0.25) is 9.48 Å². The van der Waals surface area contributed by atoms with E-state index in [2.05, 4.69) is 15.3 Å². The van der Waals surface area contributed by atoms with E-state index in [9.17, 15) is 4.79 Å². The van der Waals surface area contributed by atoms with Crippen molar-refractivity contribution in [3.8, 4) is 11.5 Å². The van der Waals surface area contributed by atoms with Crippen molar-refractivity contribution in [2.24, 2.45) is 0 Å². The van der Waals surface area contributed by atoms with Gasteiger partial charge in [0.15, 0.2) is 0 Å². The van der Waals surface area contributed by atoms with Gasteiger partial charge in [0.05, 0.1) is 12.2 Å². The van der Waals surface area contributed by atoms with Gasteiger partial charge in [0, 0.05) is 37.7 Å². The molecule has 0 aliphatic heterocycles. The summed E-state index contributed by atoms with van der Waals surface area (Å²) in [4.78, 5) is 14.0. The molecule has 136 valence electrons. The lowest BCUT2D eigenvalue weighted by molar-refractivity contribution is -0.130. The predicted molar refractivity (Wildman–Crippen MR) is 97.4 cm³/mol. The van der Waals surface area contributed by atoms with Gasteiger partial charge in [-0.25, -0.2) is 0 Å². The Kier molecular flexibility index (Phi) is 5.46. The van der Waals surface area contributed by atoms with Gasteiger partial charge in [0.2, 0.25) is 17.7 Å². The highest BCUT2D eigenvalue weighted by Crippen LogP contribution is 2.17. The van der Waals surface area contributed by atoms with Crippen LogP contribution in [0, 0.1) is 13.8 Å². The van der Waals surface area contributed by atoms with Crippen molar-refractivity contribution < 1.29 is 9.21 Å². The molecule has 0 aliphatic rings. The maximum absolute atomic E-state index is 12.3. The molecule has 0 N–H and O–H groups in total. The number of aryl methyl sites for hydroxylation is 3. The Hall–Kier alpha value is -2.96. The normalized spacial score (nSPS) is 10.9. The molecule has 0 fully saturated rings. The first-order chi connectivity index (χ1) is 12.5. The Morgan fingerprint density at radius 3 is 2.65 bits per heavy atom. The van der Waals surface area contributed by atoms with Gasteiger partial charge in [0.1, 0.15) is 0 Å². The number of likely N-dealkylation sites (N-methyl/N-ethyl adjacent to an activating group) is 1. The smallest absolute Gasteiger partial charge is 0.247 e. The van der Waals surface area contributed by atoms with Crippen molar-refractivity contribution in [3.63, 3.8) is 0 Å². The molecule has 26 heavy (non-hydrogen) atoms. The lowest BCUT2D eigenvalue weighted by Gasteiger charge is -2.17. The van der Waals surface area contributed by atoms with Crippen LogP contribution >= 0.6 is 0 Å². The second-order valence-electron chi connectivity index (χ2n) is 6.33. The molecule has 0 unspecified atom stereocenters. The Bertz CT molecular complexity index is 869. The second kappa shape index (κ2) is 7.95. The van der Waals surface area contributed by atoms with Crippen molar-refractivity contribution in [1.29, 1.82) is 0 Å². The summed E-state index contributed by atoms with van der Waals surface area (Å²) in [6, 6.07) is 11.6. The quantitative estimate of drug-likeness (QED) is 0.652. The van der Waals surface area contributed by atoms with Crippen molar-refractivity contribution in [3.05, 3.63) is 53.7 Å². The summed E-state index contributed by atoms with van der Waals surface area (Å²) in [6.45, 7) is 5.27. The number of hydrogen-bond acceptors (Lipinski definition) is 5. The molecule has 0 bridgehead atoms. The molecule has 2 aromatic heterocycles. The summed E-state index contributed by atoms with van der Waals surface area (Å²) in [6.07, 6.45) is 0.771. The molecular weight excluding hydrogens is 330 g/mol. The predicted octanol–water partition coefficient (Wildman–Crippen LogP) is 2.64. The van der Waals surface area contributed by atoms with Crippen LogP contribution in [0.5, 0.6) is 0 Å². The largest absolute Gasteiger partial charge is 0.421 e. The summed E-state index contributed by atoms with van der Waals surface area (Å²) in [5.41, 5.74) is 2.96. The average molecular weight is 353 g/mol. The number of carbonyl (C=O) groups is 1. The van der Waals surface area contributed by atoms with Crippen LogP contribution in [0.1, 0.15) is 23.7 Å². The van der Waals surface area contributed by atoms with Crippen LogP contribution in [0.25, 0.3) is 11.5 Å². The van der Waals surface area contributed by atoms with Crippen LogP contribution in [0.3, 0.4) is 0 Å². The van der Waals surface area contributed by atoms with Gasteiger partial charge in [-0.05, 0) is 32.0 Å². The maximum atomic E-state index is 12.3. The Balaban J connectivity index is 1.49. The number of hydrogen-bond donors (Lipinski definition) is 0. The highest BCUT2D eigenvalue weighted by atomic mass is 16.4. The SMILES string of the molecule is Cc1cc(C)n(CCN(C)C(=O)CCc2nnc(-c3ccccc3)o2)n1. The Morgan fingerprint density at radius 2 is 1.96 bits per heavy atom. The van der Waals surface area contributed by atoms with Gasteiger partial charge in [0.25, 0.3) is 0 Å². The summed E-state index contributed by atoms with van der Waals surface area (Å²) >= 11 is 0. The third kappa shape index (κ3) is 4.36. The fourth-order valence-corrected chi connectivity index (χ4v) is 2.73. The first-order valence-corrected chi connectivity index (χ1v) is 8.66. The molecule has 7 heteroatoms. The standard InChI is InChI=1S/C19H23N5O2/c1-14-13-15(2)24(22-14)12-11-23(3)18(25)10-9-17-20-21-19(26-17)16-7-5-4-6-8-16/h4-8,13H,9-12H2,1-3H3. The van der Waals surface area contributed by atoms with Crippen LogP contribution in [0.15, 0.2) is 40.8 Å². The van der Waals surface area contributed by atoms with Crippen LogP contribution < -0.4 is 0 Å². The molecule has 2 heterocycles. The van der Waals surface area contributed by atoms with Crippen molar-refractivity contribution >= 4 is 5.91 Å². The molecule has 0 spiro atoms. The number of carbonyl (C=O) groups excluding carboxylic acids is 1. The molecule has 0 saturated carbocycles. The van der Waals surface area contributed by atoms with E-state index in [4.69, 9.17) is 4.42 Å². The van der Waals surface area contributed by atoms with Crippen molar-refractivity contribution in [2.75, 3.05) is 13.6 Å². The minimum absolute atomic E-state index is 0.0472. The molecule has 1 amide bonds. The minimum Gasteiger partial charge on any atom is -0.421 e. The number of amides is 1. The topological polar surface area (TPSA) is 77.0 Å². The summed E-state index contributed by atoms with van der Waals surface area (Å²) < 4.78 is 7.56. The highest BCUT2D eigenvalue weighted by molar-refractivity contribution is 5.76. The van der Waals surface area contributed by atoms with E-state index in [-0.39, 0.29) is 5.91 Å². The van der Waals surface area contributed by atoms with Gasteiger partial charge < -0.3 is 9.32 Å². The van der Waals surface area contributed by atoms with Gasteiger partial charge in [-0.15, -0.1) is 10.2 Å². The van der Waals surface area contributed by atoms with E-state index in [1.165, 1.54) is 0 Å². The second-order valence-corrected chi connectivity index (χ2v) is 6.33. The summed E-state index contributed by atoms with van der Waals surface area (Å²) in [5, 5.41) is 12.5. The van der Waals surface area contributed by atoms with Crippen molar-refractivity contribution in [1.82, 2.24) is 24.9 Å². The Labute approximate surface area is 152 Å². The molecule has 3 aromatic rings. The fraction of sp³-hybridized carbons (Fsp3) is 0.368. The zero-order chi connectivity index (χ0) is 18.5. The van der Waals surface area contributed by atoms with Gasteiger partial charge in [-0.2, -0.15) is 5.10 Å². The molecule has 3 rings (SSSR count).